The Kier molecular flexibility index (Phi) is 5.73. The highest BCUT2D eigenvalue weighted by atomic mass is 16.5. The second-order valence-corrected chi connectivity index (χ2v) is 5.19. The molecule has 112 valence electrons. The molecular formula is C16H20N2O3. The van der Waals surface area contributed by atoms with E-state index in [1.165, 1.54) is 0 Å². The number of carbonyl (C=O) groups is 1. The van der Waals surface area contributed by atoms with E-state index in [4.69, 9.17) is 9.84 Å². The number of aromatic nitrogens is 1. The molecule has 5 heteroatoms. The van der Waals surface area contributed by atoms with Gasteiger partial charge >= 0.3 is 0 Å². The van der Waals surface area contributed by atoms with Crippen molar-refractivity contribution in [3.63, 3.8) is 0 Å². The predicted molar refractivity (Wildman–Crippen MR) is 78.7 cm³/mol. The zero-order valence-electron chi connectivity index (χ0n) is 12.2. The molecule has 21 heavy (non-hydrogen) atoms. The maximum atomic E-state index is 12.4. The highest BCUT2D eigenvalue weighted by molar-refractivity contribution is 5.94. The van der Waals surface area contributed by atoms with Crippen molar-refractivity contribution in [1.29, 1.82) is 0 Å². The number of amides is 1. The van der Waals surface area contributed by atoms with Crippen LogP contribution in [-0.2, 0) is 4.74 Å². The van der Waals surface area contributed by atoms with E-state index in [1.807, 2.05) is 0 Å². The number of carbonyl (C=O) groups excluding carboxylic acids is 1. The molecule has 2 rings (SSSR count). The van der Waals surface area contributed by atoms with Crippen LogP contribution < -0.4 is 0 Å². The van der Waals surface area contributed by atoms with Gasteiger partial charge in [-0.3, -0.25) is 9.78 Å². The topological polar surface area (TPSA) is 62.7 Å². The fourth-order valence-electron chi connectivity index (χ4n) is 2.41. The van der Waals surface area contributed by atoms with E-state index in [2.05, 4.69) is 16.8 Å². The largest absolute Gasteiger partial charge is 0.384 e. The summed E-state index contributed by atoms with van der Waals surface area (Å²) in [7, 11) is 1.79. The Morgan fingerprint density at radius 1 is 1.57 bits per heavy atom. The number of rotatable bonds is 3. The van der Waals surface area contributed by atoms with Crippen molar-refractivity contribution in [2.24, 2.45) is 5.92 Å². The first kappa shape index (κ1) is 15.5. The fourth-order valence-corrected chi connectivity index (χ4v) is 2.41. The standard InChI is InChI=1S/C16H20N2O3/c1-18(11-14-5-3-7-21-12-14)16(20)15-8-13(4-2-6-19)9-17-10-15/h8-10,14,19H,3,5-7,11-12H2,1H3. The van der Waals surface area contributed by atoms with E-state index in [9.17, 15) is 4.79 Å². The van der Waals surface area contributed by atoms with E-state index in [0.717, 1.165) is 26.1 Å². The minimum Gasteiger partial charge on any atom is -0.384 e. The van der Waals surface area contributed by atoms with Crippen LogP contribution in [0.1, 0.15) is 28.8 Å². The van der Waals surface area contributed by atoms with E-state index in [1.54, 1.807) is 30.4 Å². The summed E-state index contributed by atoms with van der Waals surface area (Å²) < 4.78 is 5.44. The first-order valence-electron chi connectivity index (χ1n) is 7.08. The van der Waals surface area contributed by atoms with Crippen LogP contribution in [0.2, 0.25) is 0 Å². The van der Waals surface area contributed by atoms with Gasteiger partial charge in [0.2, 0.25) is 0 Å². The van der Waals surface area contributed by atoms with Crippen molar-refractivity contribution in [2.75, 3.05) is 33.4 Å². The lowest BCUT2D eigenvalue weighted by Crippen LogP contribution is -2.35. The van der Waals surface area contributed by atoms with Gasteiger partial charge in [-0.1, -0.05) is 11.8 Å². The second kappa shape index (κ2) is 7.77. The van der Waals surface area contributed by atoms with Gasteiger partial charge in [-0.15, -0.1) is 0 Å². The first-order valence-corrected chi connectivity index (χ1v) is 7.08. The summed E-state index contributed by atoms with van der Waals surface area (Å²) in [5, 5.41) is 8.70. The lowest BCUT2D eigenvalue weighted by Gasteiger charge is -2.27. The molecule has 0 spiro atoms. The number of hydrogen-bond acceptors (Lipinski definition) is 4. The molecule has 5 nitrogen and oxygen atoms in total. The Balaban J connectivity index is 2.01. The van der Waals surface area contributed by atoms with Gasteiger partial charge < -0.3 is 14.7 Å². The Labute approximate surface area is 124 Å². The molecule has 1 aromatic rings. The van der Waals surface area contributed by atoms with Crippen LogP contribution in [0.25, 0.3) is 0 Å². The highest BCUT2D eigenvalue weighted by Gasteiger charge is 2.19. The maximum absolute atomic E-state index is 12.4. The Hall–Kier alpha value is -1.90. The van der Waals surface area contributed by atoms with Crippen LogP contribution >= 0.6 is 0 Å². The third-order valence-electron chi connectivity index (χ3n) is 3.43. The molecule has 1 aliphatic heterocycles. The Bertz CT molecular complexity index is 542. The van der Waals surface area contributed by atoms with Gasteiger partial charge in [-0.2, -0.15) is 0 Å². The predicted octanol–water partition coefficient (Wildman–Crippen LogP) is 0.924. The number of pyridine rings is 1. The minimum atomic E-state index is -0.209. The summed E-state index contributed by atoms with van der Waals surface area (Å²) >= 11 is 0. The third-order valence-corrected chi connectivity index (χ3v) is 3.43. The maximum Gasteiger partial charge on any atom is 0.255 e. The van der Waals surface area contributed by atoms with Crippen molar-refractivity contribution in [3.8, 4) is 11.8 Å². The van der Waals surface area contributed by atoms with Crippen LogP contribution in [0.3, 0.4) is 0 Å². The Morgan fingerprint density at radius 3 is 3.14 bits per heavy atom. The minimum absolute atomic E-state index is 0.0688. The molecule has 1 aromatic heterocycles. The van der Waals surface area contributed by atoms with E-state index >= 15 is 0 Å². The van der Waals surface area contributed by atoms with E-state index < -0.39 is 0 Å². The van der Waals surface area contributed by atoms with Gasteiger partial charge in [0.15, 0.2) is 0 Å². The molecule has 1 fully saturated rings. The van der Waals surface area contributed by atoms with Crippen molar-refractivity contribution in [1.82, 2.24) is 9.88 Å². The van der Waals surface area contributed by atoms with Crippen LogP contribution in [-0.4, -0.2) is 54.3 Å². The van der Waals surface area contributed by atoms with Crippen LogP contribution in [0.4, 0.5) is 0 Å². The molecule has 1 atom stereocenters. The van der Waals surface area contributed by atoms with Gasteiger partial charge in [0.1, 0.15) is 6.61 Å². The fraction of sp³-hybridized carbons (Fsp3) is 0.500. The average Bonchev–Trinajstić information content (AvgIpc) is 2.53. The molecule has 1 saturated heterocycles. The SMILES string of the molecule is CN(CC1CCCOC1)C(=O)c1cncc(C#CCO)c1. The summed E-state index contributed by atoms with van der Waals surface area (Å²) in [4.78, 5) is 18.1. The normalized spacial score (nSPS) is 17.7. The molecule has 0 bridgehead atoms. The van der Waals surface area contributed by atoms with E-state index in [-0.39, 0.29) is 12.5 Å². The van der Waals surface area contributed by atoms with Crippen LogP contribution in [0.15, 0.2) is 18.5 Å². The molecule has 1 amide bonds. The number of aliphatic hydroxyl groups excluding tert-OH is 1. The third kappa shape index (κ3) is 4.55. The number of nitrogens with zero attached hydrogens (tertiary/aromatic N) is 2. The van der Waals surface area contributed by atoms with Crippen molar-refractivity contribution < 1.29 is 14.6 Å². The molecule has 1 N–H and O–H groups in total. The lowest BCUT2D eigenvalue weighted by molar-refractivity contribution is 0.0388. The second-order valence-electron chi connectivity index (χ2n) is 5.19. The zero-order chi connectivity index (χ0) is 15.1. The summed E-state index contributed by atoms with van der Waals surface area (Å²) in [5.74, 6) is 5.64. The molecule has 0 aromatic carbocycles. The number of ether oxygens (including phenoxy) is 1. The number of hydrogen-bond donors (Lipinski definition) is 1. The van der Waals surface area contributed by atoms with Gasteiger partial charge in [0.05, 0.1) is 12.2 Å². The van der Waals surface area contributed by atoms with Crippen molar-refractivity contribution in [2.45, 2.75) is 12.8 Å². The lowest BCUT2D eigenvalue weighted by atomic mass is 10.0. The average molecular weight is 288 g/mol. The van der Waals surface area contributed by atoms with Crippen LogP contribution in [0, 0.1) is 17.8 Å². The zero-order valence-corrected chi connectivity index (χ0v) is 12.2. The molecule has 1 aliphatic rings. The van der Waals surface area contributed by atoms with Gasteiger partial charge in [-0.05, 0) is 24.8 Å². The summed E-state index contributed by atoms with van der Waals surface area (Å²) in [6.45, 7) is 2.02. The Morgan fingerprint density at radius 2 is 2.43 bits per heavy atom. The first-order chi connectivity index (χ1) is 10.2. The highest BCUT2D eigenvalue weighted by Crippen LogP contribution is 2.15. The molecular weight excluding hydrogens is 268 g/mol. The van der Waals surface area contributed by atoms with E-state index in [0.29, 0.717) is 23.6 Å². The van der Waals surface area contributed by atoms with Crippen molar-refractivity contribution >= 4 is 5.91 Å². The quantitative estimate of drug-likeness (QED) is 0.840. The molecule has 0 radical (unpaired) electrons. The molecule has 1 unspecified atom stereocenters. The van der Waals surface area contributed by atoms with Crippen LogP contribution in [0.5, 0.6) is 0 Å². The van der Waals surface area contributed by atoms with Crippen molar-refractivity contribution in [3.05, 3.63) is 29.6 Å². The summed E-state index contributed by atoms with van der Waals surface area (Å²) in [5.41, 5.74) is 1.14. The summed E-state index contributed by atoms with van der Waals surface area (Å²) in [6, 6.07) is 1.70. The van der Waals surface area contributed by atoms with Gasteiger partial charge in [0, 0.05) is 38.2 Å². The van der Waals surface area contributed by atoms with Gasteiger partial charge in [-0.25, -0.2) is 0 Å². The summed E-state index contributed by atoms with van der Waals surface area (Å²) in [6.07, 6.45) is 5.27. The molecule has 0 aliphatic carbocycles. The smallest absolute Gasteiger partial charge is 0.255 e. The molecule has 0 saturated carbocycles. The van der Waals surface area contributed by atoms with Gasteiger partial charge in [0.25, 0.3) is 5.91 Å². The number of aliphatic hydroxyl groups is 1. The molecule has 2 heterocycles. The monoisotopic (exact) mass is 288 g/mol.